The van der Waals surface area contributed by atoms with Crippen LogP contribution in [0.25, 0.3) is 0 Å². The summed E-state index contributed by atoms with van der Waals surface area (Å²) in [5, 5.41) is 0. The van der Waals surface area contributed by atoms with Crippen LogP contribution in [0.3, 0.4) is 0 Å². The van der Waals surface area contributed by atoms with E-state index in [4.69, 9.17) is 13.0 Å². The normalized spacial score (nSPS) is 35.5. The second kappa shape index (κ2) is 5.06. The topological polar surface area (TPSA) is 61.8 Å². The van der Waals surface area contributed by atoms with Gasteiger partial charge in [0, 0.05) is 6.61 Å². The van der Waals surface area contributed by atoms with Gasteiger partial charge in [-0.2, -0.15) is 0 Å². The quantitative estimate of drug-likeness (QED) is 0.465. The summed E-state index contributed by atoms with van der Waals surface area (Å²) in [7, 11) is -4.60. The van der Waals surface area contributed by atoms with Gasteiger partial charge in [0.2, 0.25) is 0 Å². The van der Waals surface area contributed by atoms with Crippen LogP contribution < -0.4 is 0 Å². The summed E-state index contributed by atoms with van der Waals surface area (Å²) < 4.78 is 38.4. The summed E-state index contributed by atoms with van der Waals surface area (Å²) in [6, 6.07) is 0.993. The molecule has 1 atom stereocenters. The lowest BCUT2D eigenvalue weighted by atomic mass is 10.3. The minimum Gasteiger partial charge on any atom is -0.422 e. The maximum atomic E-state index is 11.1. The van der Waals surface area contributed by atoms with Crippen LogP contribution in [0.15, 0.2) is 0 Å². The van der Waals surface area contributed by atoms with E-state index in [0.717, 1.165) is 12.5 Å². The highest BCUT2D eigenvalue weighted by Crippen LogP contribution is 2.15. The summed E-state index contributed by atoms with van der Waals surface area (Å²) in [4.78, 5) is 0. The van der Waals surface area contributed by atoms with Gasteiger partial charge in [-0.15, -0.1) is 0 Å². The fraction of sp³-hybridized carbons (Fsp3) is 1.00. The molecular weight excluding hydrogens is 252 g/mol. The summed E-state index contributed by atoms with van der Waals surface area (Å²) in [5.41, 5.74) is 0. The maximum Gasteiger partial charge on any atom is 0.303 e. The molecule has 0 saturated carbocycles. The third kappa shape index (κ3) is 3.64. The average molecular weight is 268 g/mol. The largest absolute Gasteiger partial charge is 0.422 e. The van der Waals surface area contributed by atoms with Gasteiger partial charge < -0.3 is 13.0 Å². The molecule has 2 rings (SSSR count). The molecule has 2 fully saturated rings. The Labute approximate surface area is 93.9 Å². The van der Waals surface area contributed by atoms with Gasteiger partial charge in [-0.3, -0.25) is 0 Å². The zero-order valence-electron chi connectivity index (χ0n) is 8.55. The molecule has 8 heteroatoms. The van der Waals surface area contributed by atoms with Crippen LogP contribution in [0, 0.1) is 0 Å². The Hall–Kier alpha value is 0.264. The zero-order valence-corrected chi connectivity index (χ0v) is 11.9. The molecule has 0 bridgehead atoms. The van der Waals surface area contributed by atoms with Crippen molar-refractivity contribution in [2.45, 2.75) is 25.0 Å². The molecule has 5 nitrogen and oxygen atoms in total. The Balaban J connectivity index is 1.54. The number of rotatable bonds is 5. The smallest absolute Gasteiger partial charge is 0.303 e. The molecule has 88 valence electrons. The van der Waals surface area contributed by atoms with E-state index in [-0.39, 0.29) is 17.6 Å². The predicted molar refractivity (Wildman–Crippen MR) is 60.3 cm³/mol. The molecule has 0 aromatic carbocycles. The number of ether oxygens (including phenoxy) is 1. The summed E-state index contributed by atoms with van der Waals surface area (Å²) in [5.74, 6) is 0.487. The second-order valence-electron chi connectivity index (χ2n) is 3.92. The average Bonchev–Trinajstić information content (AvgIpc) is 2.42. The Morgan fingerprint density at radius 1 is 1.47 bits per heavy atom. The lowest BCUT2D eigenvalue weighted by Crippen LogP contribution is -2.38. The lowest BCUT2D eigenvalue weighted by molar-refractivity contribution is 0.0705. The minimum absolute atomic E-state index is 0.0748. The fourth-order valence-electron chi connectivity index (χ4n) is 1.72. The molecule has 0 aliphatic carbocycles. The van der Waals surface area contributed by atoms with E-state index in [9.17, 15) is 8.42 Å². The second-order valence-corrected chi connectivity index (χ2v) is 10.5. The van der Waals surface area contributed by atoms with Crippen molar-refractivity contribution in [2.24, 2.45) is 0 Å². The molecule has 0 aromatic heterocycles. The van der Waals surface area contributed by atoms with E-state index in [1.165, 1.54) is 0 Å². The molecule has 0 spiro atoms. The molecule has 2 heterocycles. The van der Waals surface area contributed by atoms with Crippen molar-refractivity contribution < 1.29 is 21.4 Å². The van der Waals surface area contributed by atoms with Crippen molar-refractivity contribution in [3.8, 4) is 0 Å². The van der Waals surface area contributed by atoms with Gasteiger partial charge in [-0.25, -0.2) is 8.42 Å². The van der Waals surface area contributed by atoms with Crippen molar-refractivity contribution in [1.82, 2.24) is 0 Å². The van der Waals surface area contributed by atoms with E-state index in [0.29, 0.717) is 13.0 Å². The number of sulfone groups is 1. The molecule has 2 aliphatic rings. The standard InChI is InChI=1S/C7H16O5SSi2/c8-13(9)4-2-7(6-13)10-3-1-5-15-11-14-12-15/h7,15H,1-6,14H2. The van der Waals surface area contributed by atoms with E-state index >= 15 is 0 Å². The summed E-state index contributed by atoms with van der Waals surface area (Å²) >= 11 is 0. The minimum atomic E-state index is -2.80. The molecular formula is C7H16O5SSi2. The van der Waals surface area contributed by atoms with Crippen molar-refractivity contribution in [1.29, 1.82) is 0 Å². The molecule has 2 aliphatic heterocycles. The van der Waals surface area contributed by atoms with Crippen LogP contribution in [0.2, 0.25) is 6.04 Å². The Kier molecular flexibility index (Phi) is 3.96. The summed E-state index contributed by atoms with van der Waals surface area (Å²) in [6.07, 6.45) is 1.51. The van der Waals surface area contributed by atoms with Crippen LogP contribution in [-0.2, 0) is 22.8 Å². The van der Waals surface area contributed by atoms with Crippen molar-refractivity contribution in [3.05, 3.63) is 0 Å². The Morgan fingerprint density at radius 3 is 2.80 bits per heavy atom. The predicted octanol–water partition coefficient (Wildman–Crippen LogP) is -1.15. The van der Waals surface area contributed by atoms with E-state index in [1.54, 1.807) is 0 Å². The summed E-state index contributed by atoms with van der Waals surface area (Å²) in [6.45, 7) is 0.637. The van der Waals surface area contributed by atoms with Crippen LogP contribution in [0.5, 0.6) is 0 Å². The fourth-order valence-corrected chi connectivity index (χ4v) is 6.49. The SMILES string of the molecule is O=S1(=O)CCC(OCCC[SiH]2O[SiH2]O2)C1. The first-order chi connectivity index (χ1) is 7.16. The van der Waals surface area contributed by atoms with Gasteiger partial charge >= 0.3 is 9.28 Å². The van der Waals surface area contributed by atoms with Gasteiger partial charge in [0.05, 0.1) is 17.6 Å². The molecule has 0 radical (unpaired) electrons. The zero-order chi connectivity index (χ0) is 10.7. The van der Waals surface area contributed by atoms with Crippen LogP contribution in [-0.4, -0.2) is 51.9 Å². The Morgan fingerprint density at radius 2 is 2.27 bits per heavy atom. The highest BCUT2D eigenvalue weighted by Gasteiger charge is 2.28. The molecule has 0 N–H and O–H groups in total. The first kappa shape index (κ1) is 11.7. The van der Waals surface area contributed by atoms with Crippen molar-refractivity contribution in [3.63, 3.8) is 0 Å². The van der Waals surface area contributed by atoms with Gasteiger partial charge in [-0.05, 0) is 18.9 Å². The van der Waals surface area contributed by atoms with Crippen LogP contribution in [0.4, 0.5) is 0 Å². The third-order valence-electron chi connectivity index (χ3n) is 2.64. The van der Waals surface area contributed by atoms with E-state index < -0.39 is 29.1 Å². The molecule has 0 amide bonds. The van der Waals surface area contributed by atoms with Gasteiger partial charge in [0.1, 0.15) is 0 Å². The molecule has 1 unspecified atom stereocenters. The van der Waals surface area contributed by atoms with Crippen molar-refractivity contribution >= 4 is 29.1 Å². The highest BCUT2D eigenvalue weighted by molar-refractivity contribution is 7.91. The van der Waals surface area contributed by atoms with Gasteiger partial charge in [0.25, 0.3) is 10.0 Å². The monoisotopic (exact) mass is 268 g/mol. The molecule has 15 heavy (non-hydrogen) atoms. The van der Waals surface area contributed by atoms with E-state index in [1.807, 2.05) is 0 Å². The first-order valence-corrected chi connectivity index (χ1v) is 9.94. The maximum absolute atomic E-state index is 11.1. The Bertz CT molecular complexity index is 303. The van der Waals surface area contributed by atoms with Gasteiger partial charge in [-0.1, -0.05) is 0 Å². The van der Waals surface area contributed by atoms with Crippen molar-refractivity contribution in [2.75, 3.05) is 18.1 Å². The molecule has 2 saturated heterocycles. The van der Waals surface area contributed by atoms with Crippen LogP contribution in [0.1, 0.15) is 12.8 Å². The number of hydrogen-bond donors (Lipinski definition) is 0. The lowest BCUT2D eigenvalue weighted by Gasteiger charge is -2.25. The highest BCUT2D eigenvalue weighted by atomic mass is 32.2. The van der Waals surface area contributed by atoms with E-state index in [2.05, 4.69) is 0 Å². The first-order valence-electron chi connectivity index (χ1n) is 5.21. The van der Waals surface area contributed by atoms with Crippen LogP contribution >= 0.6 is 0 Å². The van der Waals surface area contributed by atoms with Gasteiger partial charge in [0.15, 0.2) is 9.84 Å². The molecule has 0 aromatic rings. The number of hydrogen-bond acceptors (Lipinski definition) is 5. The third-order valence-corrected chi connectivity index (χ3v) is 9.32.